The van der Waals surface area contributed by atoms with Crippen LogP contribution in [0.1, 0.15) is 30.9 Å². The van der Waals surface area contributed by atoms with Gasteiger partial charge < -0.3 is 19.9 Å². The first-order valence-corrected chi connectivity index (χ1v) is 9.82. The maximum Gasteiger partial charge on any atom is 0.240 e. The molecule has 8 heteroatoms. The molecule has 0 saturated carbocycles. The highest BCUT2D eigenvalue weighted by atomic mass is 16.5. The number of allylic oxidation sites excluding steroid dienone is 1. The molecule has 2 amide bonds. The van der Waals surface area contributed by atoms with Gasteiger partial charge in [0, 0.05) is 18.4 Å². The van der Waals surface area contributed by atoms with E-state index in [9.17, 15) is 14.7 Å². The van der Waals surface area contributed by atoms with Gasteiger partial charge in [-0.15, -0.1) is 6.58 Å². The van der Waals surface area contributed by atoms with E-state index in [2.05, 4.69) is 22.4 Å². The monoisotopic (exact) mass is 425 g/mol. The van der Waals surface area contributed by atoms with Crippen LogP contribution in [0.3, 0.4) is 0 Å². The molecule has 3 N–H and O–H groups in total. The Kier molecular flexibility index (Phi) is 9.10. The number of phenols is 1. The van der Waals surface area contributed by atoms with Gasteiger partial charge in [0.2, 0.25) is 11.8 Å². The second-order valence-electron chi connectivity index (χ2n) is 6.49. The Morgan fingerprint density at radius 2 is 1.90 bits per heavy atom. The molecule has 0 spiro atoms. The zero-order valence-corrected chi connectivity index (χ0v) is 17.7. The third-order valence-corrected chi connectivity index (χ3v) is 4.20. The number of ether oxygens (including phenoxy) is 2. The van der Waals surface area contributed by atoms with Gasteiger partial charge in [-0.3, -0.25) is 9.59 Å². The van der Waals surface area contributed by atoms with E-state index in [1.54, 1.807) is 42.5 Å². The Morgan fingerprint density at radius 1 is 1.16 bits per heavy atom. The van der Waals surface area contributed by atoms with Crippen LogP contribution in [-0.2, 0) is 16.0 Å². The number of para-hydroxylation sites is 2. The second-order valence-corrected chi connectivity index (χ2v) is 6.49. The number of hydrogen-bond acceptors (Lipinski definition) is 6. The summed E-state index contributed by atoms with van der Waals surface area (Å²) < 4.78 is 10.6. The van der Waals surface area contributed by atoms with Gasteiger partial charge in [-0.25, -0.2) is 5.43 Å². The topological polar surface area (TPSA) is 109 Å². The van der Waals surface area contributed by atoms with Crippen molar-refractivity contribution in [2.75, 3.05) is 19.0 Å². The van der Waals surface area contributed by atoms with E-state index in [1.807, 2.05) is 6.92 Å². The average Bonchev–Trinajstić information content (AvgIpc) is 2.76. The number of rotatable bonds is 11. The number of hydrazone groups is 1. The van der Waals surface area contributed by atoms with Gasteiger partial charge in [0.1, 0.15) is 5.75 Å². The average molecular weight is 425 g/mol. The summed E-state index contributed by atoms with van der Waals surface area (Å²) in [6, 6.07) is 10.4. The fraction of sp³-hybridized carbons (Fsp3) is 0.261. The van der Waals surface area contributed by atoms with Crippen molar-refractivity contribution in [3.63, 3.8) is 0 Å². The van der Waals surface area contributed by atoms with Crippen molar-refractivity contribution in [3.8, 4) is 17.2 Å². The third kappa shape index (κ3) is 7.18. The van der Waals surface area contributed by atoms with Gasteiger partial charge in [0.25, 0.3) is 0 Å². The maximum absolute atomic E-state index is 12.1. The normalized spacial score (nSPS) is 10.5. The Bertz CT molecular complexity index is 956. The van der Waals surface area contributed by atoms with Crippen LogP contribution >= 0.6 is 0 Å². The van der Waals surface area contributed by atoms with Crippen molar-refractivity contribution < 1.29 is 24.2 Å². The van der Waals surface area contributed by atoms with Gasteiger partial charge in [0.15, 0.2) is 11.5 Å². The van der Waals surface area contributed by atoms with Crippen molar-refractivity contribution in [2.24, 2.45) is 5.10 Å². The summed E-state index contributed by atoms with van der Waals surface area (Å²) in [5, 5.41) is 16.9. The van der Waals surface area contributed by atoms with Crippen LogP contribution in [0.25, 0.3) is 0 Å². The summed E-state index contributed by atoms with van der Waals surface area (Å²) in [6.45, 7) is 5.89. The lowest BCUT2D eigenvalue weighted by atomic mass is 10.1. The van der Waals surface area contributed by atoms with Crippen molar-refractivity contribution in [1.82, 2.24) is 5.43 Å². The fourth-order valence-corrected chi connectivity index (χ4v) is 2.76. The lowest BCUT2D eigenvalue weighted by Gasteiger charge is -2.11. The van der Waals surface area contributed by atoms with E-state index >= 15 is 0 Å². The number of methoxy groups -OCH3 is 1. The highest BCUT2D eigenvalue weighted by Crippen LogP contribution is 2.32. The molecule has 0 aromatic heterocycles. The molecule has 0 unspecified atom stereocenters. The molecule has 2 aromatic rings. The maximum atomic E-state index is 12.1. The number of nitrogens with zero attached hydrogens (tertiary/aromatic N) is 1. The van der Waals surface area contributed by atoms with E-state index in [4.69, 9.17) is 9.47 Å². The molecule has 164 valence electrons. The van der Waals surface area contributed by atoms with Crippen LogP contribution in [-0.4, -0.2) is 36.9 Å². The van der Waals surface area contributed by atoms with Gasteiger partial charge in [-0.1, -0.05) is 18.2 Å². The van der Waals surface area contributed by atoms with Crippen LogP contribution in [0.5, 0.6) is 17.2 Å². The highest BCUT2D eigenvalue weighted by molar-refractivity contribution is 5.94. The quantitative estimate of drug-likeness (QED) is 0.290. The van der Waals surface area contributed by atoms with Crippen LogP contribution in [0, 0.1) is 0 Å². The van der Waals surface area contributed by atoms with E-state index in [0.29, 0.717) is 41.3 Å². The van der Waals surface area contributed by atoms with Crippen LogP contribution < -0.4 is 20.2 Å². The smallest absolute Gasteiger partial charge is 0.240 e. The molecule has 0 atom stereocenters. The van der Waals surface area contributed by atoms with Crippen LogP contribution in [0.4, 0.5) is 5.69 Å². The zero-order chi connectivity index (χ0) is 22.6. The molecule has 8 nitrogen and oxygen atoms in total. The minimum atomic E-state index is -0.401. The highest BCUT2D eigenvalue weighted by Gasteiger charge is 2.11. The standard InChI is InChI=1S/C23H27N3O5/c1-4-8-17-13-16(14-20(23(17)29)31-5-2)15-24-26-22(28)12-11-21(27)25-18-9-6-7-10-19(18)30-3/h4,6-7,9-10,13-15,29H,1,5,8,11-12H2,2-3H3,(H,25,27)(H,26,28)/b24-15+. The molecule has 31 heavy (non-hydrogen) atoms. The first-order valence-electron chi connectivity index (χ1n) is 9.82. The zero-order valence-electron chi connectivity index (χ0n) is 17.7. The Balaban J connectivity index is 1.90. The third-order valence-electron chi connectivity index (χ3n) is 4.20. The molecular weight excluding hydrogens is 398 g/mol. The Morgan fingerprint density at radius 3 is 2.61 bits per heavy atom. The number of carbonyl (C=O) groups is 2. The van der Waals surface area contributed by atoms with E-state index < -0.39 is 5.91 Å². The first-order chi connectivity index (χ1) is 15.0. The largest absolute Gasteiger partial charge is 0.504 e. The summed E-state index contributed by atoms with van der Waals surface area (Å²) in [6.07, 6.45) is 3.54. The van der Waals surface area contributed by atoms with Crippen LogP contribution in [0.15, 0.2) is 54.2 Å². The molecule has 0 heterocycles. The van der Waals surface area contributed by atoms with Crippen molar-refractivity contribution in [1.29, 1.82) is 0 Å². The Labute approximate surface area is 181 Å². The second kappa shape index (κ2) is 12.0. The Hall–Kier alpha value is -3.81. The predicted octanol–water partition coefficient (Wildman–Crippen LogP) is 3.40. The minimum Gasteiger partial charge on any atom is -0.504 e. The number of anilines is 1. The van der Waals surface area contributed by atoms with Crippen molar-refractivity contribution in [2.45, 2.75) is 26.2 Å². The number of amides is 2. The van der Waals surface area contributed by atoms with E-state index in [0.717, 1.165) is 0 Å². The first kappa shape index (κ1) is 23.5. The molecule has 0 radical (unpaired) electrons. The molecule has 2 rings (SSSR count). The lowest BCUT2D eigenvalue weighted by molar-refractivity contribution is -0.124. The molecule has 0 fully saturated rings. The van der Waals surface area contributed by atoms with Crippen LogP contribution in [0.2, 0.25) is 0 Å². The van der Waals surface area contributed by atoms with Crippen molar-refractivity contribution in [3.05, 3.63) is 60.2 Å². The molecule has 2 aromatic carbocycles. The number of benzene rings is 2. The lowest BCUT2D eigenvalue weighted by Crippen LogP contribution is -2.20. The number of phenolic OH excluding ortho intramolecular Hbond substituents is 1. The molecule has 0 aliphatic heterocycles. The van der Waals surface area contributed by atoms with Gasteiger partial charge in [-0.2, -0.15) is 5.10 Å². The van der Waals surface area contributed by atoms with E-state index in [-0.39, 0.29) is 24.5 Å². The molecule has 0 aliphatic carbocycles. The summed E-state index contributed by atoms with van der Waals surface area (Å²) >= 11 is 0. The molecule has 0 bridgehead atoms. The number of hydrogen-bond donors (Lipinski definition) is 3. The van der Waals surface area contributed by atoms with Crippen molar-refractivity contribution >= 4 is 23.7 Å². The SMILES string of the molecule is C=CCc1cc(/C=N/NC(=O)CCC(=O)Nc2ccccc2OC)cc(OCC)c1O. The summed E-state index contributed by atoms with van der Waals surface area (Å²) in [4.78, 5) is 24.1. The molecule has 0 aliphatic rings. The van der Waals surface area contributed by atoms with Gasteiger partial charge in [0.05, 0.1) is 25.6 Å². The fourth-order valence-electron chi connectivity index (χ4n) is 2.76. The summed E-state index contributed by atoms with van der Waals surface area (Å²) in [7, 11) is 1.52. The van der Waals surface area contributed by atoms with Gasteiger partial charge >= 0.3 is 0 Å². The minimum absolute atomic E-state index is 0.00339. The molecular formula is C23H27N3O5. The predicted molar refractivity (Wildman–Crippen MR) is 120 cm³/mol. The van der Waals surface area contributed by atoms with E-state index in [1.165, 1.54) is 13.3 Å². The number of carbonyl (C=O) groups excluding carboxylic acids is 2. The molecule has 0 saturated heterocycles. The summed E-state index contributed by atoms with van der Waals surface area (Å²) in [5.41, 5.74) is 4.22. The van der Waals surface area contributed by atoms with Gasteiger partial charge in [-0.05, 0) is 43.2 Å². The number of nitrogens with one attached hydrogen (secondary N) is 2. The summed E-state index contributed by atoms with van der Waals surface area (Å²) in [5.74, 6) is 0.229. The number of aromatic hydroxyl groups is 1.